The maximum atomic E-state index is 13.4. The molecule has 1 rings (SSSR count). The lowest BCUT2D eigenvalue weighted by atomic mass is 10.3. The summed E-state index contributed by atoms with van der Waals surface area (Å²) in [6.07, 6.45) is -1.15. The van der Waals surface area contributed by atoms with Crippen molar-refractivity contribution in [3.8, 4) is 0 Å². The Kier molecular flexibility index (Phi) is 5.71. The Balaban J connectivity index is 2.53. The molecule has 0 heterocycles. The van der Waals surface area contributed by atoms with Crippen LogP contribution in [0.1, 0.15) is 0 Å². The van der Waals surface area contributed by atoms with Crippen LogP contribution in [0.15, 0.2) is 22.7 Å². The third-order valence-electron chi connectivity index (χ3n) is 2.19. The van der Waals surface area contributed by atoms with Crippen molar-refractivity contribution in [2.75, 3.05) is 19.0 Å². The molecular weight excluding hydrogens is 323 g/mol. The summed E-state index contributed by atoms with van der Waals surface area (Å²) in [5.41, 5.74) is -0.00927. The molecule has 0 spiro atoms. The summed E-state index contributed by atoms with van der Waals surface area (Å²) in [6.45, 7) is -0.226. The first-order valence-electron chi connectivity index (χ1n) is 5.19. The van der Waals surface area contributed by atoms with Crippen LogP contribution in [-0.2, 0) is 9.53 Å². The number of carboxylic acids is 1. The molecular formula is C11H12BrFN2O4. The Morgan fingerprint density at radius 3 is 2.74 bits per heavy atom. The monoisotopic (exact) mass is 334 g/mol. The van der Waals surface area contributed by atoms with Gasteiger partial charge in [0.25, 0.3) is 0 Å². The van der Waals surface area contributed by atoms with Crippen molar-refractivity contribution >= 4 is 33.6 Å². The summed E-state index contributed by atoms with van der Waals surface area (Å²) >= 11 is 3.09. The highest BCUT2D eigenvalue weighted by Crippen LogP contribution is 2.19. The van der Waals surface area contributed by atoms with Gasteiger partial charge in [-0.25, -0.2) is 14.0 Å². The van der Waals surface area contributed by atoms with Crippen molar-refractivity contribution in [2.24, 2.45) is 0 Å². The van der Waals surface area contributed by atoms with E-state index in [0.717, 1.165) is 0 Å². The Hall–Kier alpha value is -1.67. The first-order chi connectivity index (χ1) is 8.93. The molecule has 104 valence electrons. The van der Waals surface area contributed by atoms with E-state index in [0.29, 0.717) is 4.47 Å². The number of anilines is 1. The summed E-state index contributed by atoms with van der Waals surface area (Å²) in [4.78, 5) is 22.1. The number of hydrogen-bond acceptors (Lipinski definition) is 3. The molecule has 3 N–H and O–H groups in total. The van der Waals surface area contributed by atoms with Gasteiger partial charge in [-0.1, -0.05) is 15.9 Å². The fourth-order valence-corrected chi connectivity index (χ4v) is 1.55. The zero-order chi connectivity index (χ0) is 14.4. The predicted molar refractivity (Wildman–Crippen MR) is 69.6 cm³/mol. The third-order valence-corrected chi connectivity index (χ3v) is 2.68. The molecule has 0 aliphatic heterocycles. The fourth-order valence-electron chi connectivity index (χ4n) is 1.21. The number of nitrogens with one attached hydrogen (secondary N) is 2. The molecule has 1 atom stereocenters. The number of carbonyl (C=O) groups excluding carboxylic acids is 1. The van der Waals surface area contributed by atoms with Gasteiger partial charge in [0.15, 0.2) is 6.10 Å². The highest BCUT2D eigenvalue weighted by Gasteiger charge is 2.17. The average molecular weight is 335 g/mol. The molecule has 0 saturated heterocycles. The number of ether oxygens (including phenoxy) is 1. The SMILES string of the molecule is COC(CNC(=O)Nc1ccc(Br)cc1F)C(=O)O. The molecule has 0 radical (unpaired) electrons. The smallest absolute Gasteiger partial charge is 0.334 e. The highest BCUT2D eigenvalue weighted by molar-refractivity contribution is 9.10. The van der Waals surface area contributed by atoms with E-state index in [9.17, 15) is 14.0 Å². The number of aliphatic carboxylic acids is 1. The zero-order valence-electron chi connectivity index (χ0n) is 9.94. The molecule has 2 amide bonds. The van der Waals surface area contributed by atoms with E-state index in [2.05, 4.69) is 31.3 Å². The maximum Gasteiger partial charge on any atom is 0.334 e. The summed E-state index contributed by atoms with van der Waals surface area (Å²) in [5.74, 6) is -1.80. The number of carbonyl (C=O) groups is 2. The van der Waals surface area contributed by atoms with Crippen molar-refractivity contribution < 1.29 is 23.8 Å². The zero-order valence-corrected chi connectivity index (χ0v) is 11.5. The van der Waals surface area contributed by atoms with E-state index >= 15 is 0 Å². The van der Waals surface area contributed by atoms with Crippen molar-refractivity contribution in [3.05, 3.63) is 28.5 Å². The van der Waals surface area contributed by atoms with Crippen LogP contribution in [0.25, 0.3) is 0 Å². The van der Waals surface area contributed by atoms with E-state index < -0.39 is 23.9 Å². The maximum absolute atomic E-state index is 13.4. The number of hydrogen-bond donors (Lipinski definition) is 3. The molecule has 6 nitrogen and oxygen atoms in total. The second-order valence-electron chi connectivity index (χ2n) is 3.52. The largest absolute Gasteiger partial charge is 0.479 e. The van der Waals surface area contributed by atoms with Gasteiger partial charge in [0.2, 0.25) is 0 Å². The molecule has 0 saturated carbocycles. The van der Waals surface area contributed by atoms with Crippen LogP contribution in [0.4, 0.5) is 14.9 Å². The van der Waals surface area contributed by atoms with Crippen LogP contribution < -0.4 is 10.6 Å². The van der Waals surface area contributed by atoms with Gasteiger partial charge >= 0.3 is 12.0 Å². The molecule has 0 aliphatic rings. The van der Waals surface area contributed by atoms with E-state index in [-0.39, 0.29) is 12.2 Å². The van der Waals surface area contributed by atoms with Crippen molar-refractivity contribution in [1.29, 1.82) is 0 Å². The van der Waals surface area contributed by atoms with Crippen molar-refractivity contribution in [3.63, 3.8) is 0 Å². The molecule has 19 heavy (non-hydrogen) atoms. The van der Waals surface area contributed by atoms with Gasteiger partial charge in [0.05, 0.1) is 12.2 Å². The number of carboxylic acid groups (broad SMARTS) is 1. The molecule has 0 fully saturated rings. The fraction of sp³-hybridized carbons (Fsp3) is 0.273. The van der Waals surface area contributed by atoms with Gasteiger partial charge in [0.1, 0.15) is 5.82 Å². The molecule has 1 aromatic carbocycles. The van der Waals surface area contributed by atoms with E-state index in [4.69, 9.17) is 5.11 Å². The van der Waals surface area contributed by atoms with Gasteiger partial charge in [-0.2, -0.15) is 0 Å². The van der Waals surface area contributed by atoms with Crippen LogP contribution in [0.5, 0.6) is 0 Å². The highest BCUT2D eigenvalue weighted by atomic mass is 79.9. The van der Waals surface area contributed by atoms with E-state index in [1.807, 2.05) is 0 Å². The third kappa shape index (κ3) is 4.84. The second-order valence-corrected chi connectivity index (χ2v) is 4.44. The minimum atomic E-state index is -1.20. The lowest BCUT2D eigenvalue weighted by Crippen LogP contribution is -2.39. The number of urea groups is 1. The number of halogens is 2. The van der Waals surface area contributed by atoms with Gasteiger partial charge in [-0.05, 0) is 18.2 Å². The lowest BCUT2D eigenvalue weighted by Gasteiger charge is -2.12. The predicted octanol–water partition coefficient (Wildman–Crippen LogP) is 1.81. The molecule has 0 bridgehead atoms. The van der Waals surface area contributed by atoms with Crippen LogP contribution in [0, 0.1) is 5.82 Å². The quantitative estimate of drug-likeness (QED) is 0.766. The second kappa shape index (κ2) is 7.05. The first-order valence-corrected chi connectivity index (χ1v) is 5.99. The number of methoxy groups -OCH3 is 1. The lowest BCUT2D eigenvalue weighted by molar-refractivity contribution is -0.147. The molecule has 0 aromatic heterocycles. The van der Waals surface area contributed by atoms with Gasteiger partial charge < -0.3 is 20.5 Å². The Bertz CT molecular complexity index is 484. The Labute approximate surface area is 117 Å². The topological polar surface area (TPSA) is 87.7 Å². The number of amides is 2. The number of benzene rings is 1. The van der Waals surface area contributed by atoms with Crippen molar-refractivity contribution in [2.45, 2.75) is 6.10 Å². The molecule has 0 aliphatic carbocycles. The summed E-state index contributed by atoms with van der Waals surface area (Å²) in [5, 5.41) is 13.2. The molecule has 1 unspecified atom stereocenters. The van der Waals surface area contributed by atoms with Crippen LogP contribution in [-0.4, -0.2) is 36.9 Å². The van der Waals surface area contributed by atoms with E-state index in [1.54, 1.807) is 6.07 Å². The summed E-state index contributed by atoms with van der Waals surface area (Å²) in [6, 6.07) is 3.42. The number of rotatable bonds is 5. The molecule has 8 heteroatoms. The Morgan fingerprint density at radius 2 is 2.21 bits per heavy atom. The minimum Gasteiger partial charge on any atom is -0.479 e. The molecule has 1 aromatic rings. The standard InChI is InChI=1S/C11H12BrFN2O4/c1-19-9(10(16)17)5-14-11(18)15-8-3-2-6(12)4-7(8)13/h2-4,9H,5H2,1H3,(H,16,17)(H2,14,15,18). The summed E-state index contributed by atoms with van der Waals surface area (Å²) < 4.78 is 18.6. The minimum absolute atomic E-state index is 0.00927. The Morgan fingerprint density at radius 1 is 1.53 bits per heavy atom. The summed E-state index contributed by atoms with van der Waals surface area (Å²) in [7, 11) is 1.22. The van der Waals surface area contributed by atoms with Gasteiger partial charge in [-0.15, -0.1) is 0 Å². The average Bonchev–Trinajstić information content (AvgIpc) is 2.33. The van der Waals surface area contributed by atoms with Gasteiger partial charge in [-0.3, -0.25) is 0 Å². The van der Waals surface area contributed by atoms with Crippen LogP contribution in [0.2, 0.25) is 0 Å². The van der Waals surface area contributed by atoms with Crippen LogP contribution >= 0.6 is 15.9 Å². The van der Waals surface area contributed by atoms with Crippen molar-refractivity contribution in [1.82, 2.24) is 5.32 Å². The first kappa shape index (κ1) is 15.4. The van der Waals surface area contributed by atoms with E-state index in [1.165, 1.54) is 19.2 Å². The normalized spacial score (nSPS) is 11.7. The van der Waals surface area contributed by atoms with Gasteiger partial charge in [0, 0.05) is 11.6 Å². The van der Waals surface area contributed by atoms with Crippen LogP contribution in [0.3, 0.4) is 0 Å².